The van der Waals surface area contributed by atoms with Crippen LogP contribution in [0.1, 0.15) is 33.1 Å². The fraction of sp³-hybridized carbons (Fsp3) is 1.00. The molecule has 3 aliphatic rings. The highest BCUT2D eigenvalue weighted by Crippen LogP contribution is 2.80. The number of nitrogens with zero attached hydrogens (tertiary/aromatic N) is 1. The molecule has 0 saturated carbocycles. The molecule has 1 N–H and O–H groups in total. The van der Waals surface area contributed by atoms with Crippen LogP contribution < -0.4 is 0 Å². The van der Waals surface area contributed by atoms with Crippen LogP contribution in [0.25, 0.3) is 0 Å². The maximum Gasteiger partial charge on any atom is 0.156 e. The van der Waals surface area contributed by atoms with Crippen LogP contribution in [0.4, 0.5) is 0 Å². The summed E-state index contributed by atoms with van der Waals surface area (Å²) in [7, 11) is -2.68. The van der Waals surface area contributed by atoms with Gasteiger partial charge in [0.05, 0.1) is 11.0 Å². The molecule has 0 aromatic heterocycles. The zero-order valence-electron chi connectivity index (χ0n) is 9.61. The van der Waals surface area contributed by atoms with Gasteiger partial charge in [-0.2, -0.15) is 0 Å². The molecule has 15 heavy (non-hydrogen) atoms. The lowest BCUT2D eigenvalue weighted by Gasteiger charge is -2.36. The van der Waals surface area contributed by atoms with E-state index in [0.29, 0.717) is 5.75 Å². The minimum atomic E-state index is -2.68. The molecule has 0 aromatic rings. The molecule has 0 aromatic carbocycles. The van der Waals surface area contributed by atoms with Gasteiger partial charge in [-0.25, -0.2) is 4.31 Å². The Morgan fingerprint density at radius 2 is 2.00 bits per heavy atom. The molecule has 88 valence electrons. The fourth-order valence-corrected chi connectivity index (χ4v) is 9.07. The van der Waals surface area contributed by atoms with Gasteiger partial charge in [0.15, 0.2) is 4.93 Å². The van der Waals surface area contributed by atoms with Crippen LogP contribution in [0, 0.1) is 5.92 Å². The highest BCUT2D eigenvalue weighted by molar-refractivity contribution is 8.32. The molecular formula is C11H21NO2S. The predicted octanol–water partition coefficient (Wildman–Crippen LogP) is 0.948. The van der Waals surface area contributed by atoms with Gasteiger partial charge in [-0.3, -0.25) is 4.21 Å². The molecule has 3 rings (SSSR count). The molecule has 4 heteroatoms. The van der Waals surface area contributed by atoms with Crippen molar-refractivity contribution in [2.75, 3.05) is 18.8 Å². The van der Waals surface area contributed by atoms with Gasteiger partial charge in [0.25, 0.3) is 0 Å². The molecular weight excluding hydrogens is 210 g/mol. The first-order chi connectivity index (χ1) is 6.97. The van der Waals surface area contributed by atoms with Crippen molar-refractivity contribution in [2.45, 2.75) is 43.3 Å². The highest BCUT2D eigenvalue weighted by Gasteiger charge is 2.98. The summed E-state index contributed by atoms with van der Waals surface area (Å²) >= 11 is 0. The summed E-state index contributed by atoms with van der Waals surface area (Å²) in [6.07, 6.45) is 3.56. The third kappa shape index (κ3) is 0.851. The zero-order chi connectivity index (χ0) is 10.9. The molecule has 1 unspecified atom stereocenters. The molecule has 2 atom stereocenters. The monoisotopic (exact) mass is 231 g/mol. The molecule has 3 heterocycles. The van der Waals surface area contributed by atoms with E-state index in [1.165, 1.54) is 6.42 Å². The largest absolute Gasteiger partial charge is 0.375 e. The Kier molecular flexibility index (Phi) is 1.70. The van der Waals surface area contributed by atoms with E-state index in [1.54, 1.807) is 0 Å². The minimum absolute atomic E-state index is 0.0488. The maximum absolute atomic E-state index is 12.9. The molecule has 0 spiro atoms. The van der Waals surface area contributed by atoms with Crippen LogP contribution in [0.15, 0.2) is 0 Å². The van der Waals surface area contributed by atoms with E-state index in [9.17, 15) is 9.32 Å². The third-order valence-corrected chi connectivity index (χ3v) is 10.9. The number of hydrogen-bond donors (Lipinski definition) is 1. The van der Waals surface area contributed by atoms with Crippen molar-refractivity contribution in [1.82, 2.24) is 4.31 Å². The number of fused-ring (bicyclic) bond motifs is 1. The first-order valence-electron chi connectivity index (χ1n) is 6.09. The number of piperidine rings is 1. The van der Waals surface area contributed by atoms with Gasteiger partial charge in [-0.15, -0.1) is 0 Å². The second-order valence-electron chi connectivity index (χ2n) is 5.54. The molecule has 3 nitrogen and oxygen atoms in total. The van der Waals surface area contributed by atoms with Gasteiger partial charge in [0.1, 0.15) is 0 Å². The summed E-state index contributed by atoms with van der Waals surface area (Å²) in [6, 6.07) is 0. The van der Waals surface area contributed by atoms with E-state index >= 15 is 0 Å². The first kappa shape index (κ1) is 10.2. The standard InChI is InChI=1S/C11H21NO2S/c1-3-10-4-6-12(7-5-10)15(14)8-11(15,13)9(15)2/h9-10,13H,3-8H2,1-2H3/t9-,11?/m0/s1. The van der Waals surface area contributed by atoms with Crippen molar-refractivity contribution >= 4 is 9.25 Å². The fourth-order valence-electron chi connectivity index (χ4n) is 3.51. The first-order valence-corrected chi connectivity index (χ1v) is 8.24. The Morgan fingerprint density at radius 1 is 1.47 bits per heavy atom. The van der Waals surface area contributed by atoms with E-state index in [-0.39, 0.29) is 5.25 Å². The van der Waals surface area contributed by atoms with E-state index in [1.807, 2.05) is 6.92 Å². The van der Waals surface area contributed by atoms with Crippen molar-refractivity contribution < 1.29 is 9.32 Å². The van der Waals surface area contributed by atoms with E-state index in [0.717, 1.165) is 31.8 Å². The molecule has 0 radical (unpaired) electrons. The number of hydrogen-bond acceptors (Lipinski definition) is 2. The van der Waals surface area contributed by atoms with Crippen LogP contribution in [0.3, 0.4) is 0 Å². The highest BCUT2D eigenvalue weighted by atomic mass is 32.3. The average Bonchev–Trinajstić information content (AvgIpc) is 2.95. The lowest BCUT2D eigenvalue weighted by molar-refractivity contribution is 0.214. The van der Waals surface area contributed by atoms with Crippen LogP contribution in [-0.4, -0.2) is 42.6 Å². The summed E-state index contributed by atoms with van der Waals surface area (Å²) < 4.78 is 15.0. The topological polar surface area (TPSA) is 40.5 Å². The summed E-state index contributed by atoms with van der Waals surface area (Å²) in [5, 5.41) is 10.1. The van der Waals surface area contributed by atoms with Crippen molar-refractivity contribution in [1.29, 1.82) is 0 Å². The molecule has 3 aliphatic heterocycles. The van der Waals surface area contributed by atoms with Gasteiger partial charge < -0.3 is 5.11 Å². The van der Waals surface area contributed by atoms with Crippen molar-refractivity contribution in [2.24, 2.45) is 5.92 Å². The van der Waals surface area contributed by atoms with Gasteiger partial charge in [-0.05, 0) is 34.9 Å². The maximum atomic E-state index is 12.9. The molecule has 3 fully saturated rings. The lowest BCUT2D eigenvalue weighted by Crippen LogP contribution is -2.42. The van der Waals surface area contributed by atoms with Crippen LogP contribution in [0.5, 0.6) is 0 Å². The molecule has 3 saturated heterocycles. The molecule has 0 aliphatic carbocycles. The van der Waals surface area contributed by atoms with Crippen molar-refractivity contribution in [3.8, 4) is 0 Å². The predicted molar refractivity (Wildman–Crippen MR) is 62.0 cm³/mol. The number of rotatable bonds is 2. The van der Waals surface area contributed by atoms with Crippen LogP contribution in [-0.2, 0) is 9.25 Å². The SMILES string of the molecule is CCC1CCN(S23(=O)CC2(O)[C@@H]3C)CC1. The quantitative estimate of drug-likeness (QED) is 0.719. The summed E-state index contributed by atoms with van der Waals surface area (Å²) in [5.41, 5.74) is 0. The Morgan fingerprint density at radius 3 is 2.33 bits per heavy atom. The average molecular weight is 231 g/mol. The third-order valence-electron chi connectivity index (χ3n) is 5.18. The van der Waals surface area contributed by atoms with Crippen LogP contribution >= 0.6 is 0 Å². The summed E-state index contributed by atoms with van der Waals surface area (Å²) in [4.78, 5) is -0.768. The summed E-state index contributed by atoms with van der Waals surface area (Å²) in [5.74, 6) is 1.38. The van der Waals surface area contributed by atoms with Crippen molar-refractivity contribution in [3.05, 3.63) is 0 Å². The van der Waals surface area contributed by atoms with Gasteiger partial charge in [-0.1, -0.05) is 13.3 Å². The van der Waals surface area contributed by atoms with Gasteiger partial charge in [0.2, 0.25) is 0 Å². The van der Waals surface area contributed by atoms with Crippen LogP contribution in [0.2, 0.25) is 0 Å². The minimum Gasteiger partial charge on any atom is -0.375 e. The van der Waals surface area contributed by atoms with E-state index in [4.69, 9.17) is 0 Å². The Bertz CT molecular complexity index is 375. The lowest BCUT2D eigenvalue weighted by atomic mass is 9.96. The van der Waals surface area contributed by atoms with E-state index in [2.05, 4.69) is 11.2 Å². The normalized spacial score (nSPS) is 50.1. The zero-order valence-corrected chi connectivity index (χ0v) is 10.4. The smallest absolute Gasteiger partial charge is 0.156 e. The second kappa shape index (κ2) is 2.49. The summed E-state index contributed by atoms with van der Waals surface area (Å²) in [6.45, 7) is 6.06. The molecule has 0 amide bonds. The Labute approximate surface area is 91.4 Å². The van der Waals surface area contributed by atoms with Gasteiger partial charge >= 0.3 is 0 Å². The van der Waals surface area contributed by atoms with Gasteiger partial charge in [0, 0.05) is 13.1 Å². The number of aliphatic hydroxyl groups is 1. The Balaban J connectivity index is 1.75. The Hall–Kier alpha value is 0.0700. The molecule has 0 bridgehead atoms. The second-order valence-corrected chi connectivity index (χ2v) is 10.0. The van der Waals surface area contributed by atoms with E-state index < -0.39 is 14.2 Å². The van der Waals surface area contributed by atoms with Crippen molar-refractivity contribution in [3.63, 3.8) is 0 Å².